The van der Waals surface area contributed by atoms with Crippen molar-refractivity contribution in [2.24, 2.45) is 0 Å². The summed E-state index contributed by atoms with van der Waals surface area (Å²) in [5.41, 5.74) is 0.0806. The van der Waals surface area contributed by atoms with E-state index in [9.17, 15) is 14.0 Å². The molecule has 0 aromatic heterocycles. The van der Waals surface area contributed by atoms with Crippen molar-refractivity contribution in [3.05, 3.63) is 35.6 Å². The third-order valence-electron chi connectivity index (χ3n) is 4.40. The van der Waals surface area contributed by atoms with Crippen LogP contribution in [0.5, 0.6) is 0 Å². The summed E-state index contributed by atoms with van der Waals surface area (Å²) >= 11 is 0. The molecule has 2 fully saturated rings. The van der Waals surface area contributed by atoms with Gasteiger partial charge in [-0.1, -0.05) is 12.1 Å². The van der Waals surface area contributed by atoms with Crippen LogP contribution in [0.2, 0.25) is 0 Å². The summed E-state index contributed by atoms with van der Waals surface area (Å²) in [6.45, 7) is 3.75. The maximum atomic E-state index is 13.8. The van der Waals surface area contributed by atoms with Crippen LogP contribution in [-0.2, 0) is 9.53 Å². The molecule has 25 heavy (non-hydrogen) atoms. The standard InChI is InChI=1S/C17H22FN3O3.ClH/c18-14-5-2-1-4-13(14)16(22)20-7-3-8-21(10-9-20)17(23)15-12-19-6-11-24-15;/h1-2,4-5,15,19H,3,6-12H2;1H. The minimum atomic E-state index is -0.513. The van der Waals surface area contributed by atoms with E-state index >= 15 is 0 Å². The highest BCUT2D eigenvalue weighted by atomic mass is 35.5. The number of nitrogens with one attached hydrogen (secondary N) is 1. The van der Waals surface area contributed by atoms with Gasteiger partial charge in [-0.05, 0) is 18.6 Å². The molecule has 0 saturated carbocycles. The lowest BCUT2D eigenvalue weighted by atomic mass is 10.2. The van der Waals surface area contributed by atoms with E-state index in [2.05, 4.69) is 5.32 Å². The van der Waals surface area contributed by atoms with Crippen molar-refractivity contribution in [2.75, 3.05) is 45.9 Å². The van der Waals surface area contributed by atoms with E-state index in [1.54, 1.807) is 21.9 Å². The number of halogens is 2. The average Bonchev–Trinajstić information content (AvgIpc) is 2.88. The van der Waals surface area contributed by atoms with Crippen LogP contribution in [0.1, 0.15) is 16.8 Å². The molecule has 0 spiro atoms. The van der Waals surface area contributed by atoms with E-state index in [1.165, 1.54) is 12.1 Å². The maximum absolute atomic E-state index is 13.8. The number of morpholine rings is 1. The van der Waals surface area contributed by atoms with Gasteiger partial charge in [0.25, 0.3) is 11.8 Å². The van der Waals surface area contributed by atoms with E-state index < -0.39 is 11.9 Å². The second-order valence-electron chi connectivity index (χ2n) is 6.01. The summed E-state index contributed by atoms with van der Waals surface area (Å²) in [5.74, 6) is -0.873. The number of ether oxygens (including phenoxy) is 1. The van der Waals surface area contributed by atoms with Crippen molar-refractivity contribution in [1.82, 2.24) is 15.1 Å². The molecule has 2 heterocycles. The lowest BCUT2D eigenvalue weighted by Crippen LogP contribution is -2.50. The molecule has 138 valence electrons. The van der Waals surface area contributed by atoms with Crippen molar-refractivity contribution in [3.63, 3.8) is 0 Å². The first-order valence-electron chi connectivity index (χ1n) is 8.32. The van der Waals surface area contributed by atoms with Gasteiger partial charge in [0.15, 0.2) is 0 Å². The Kier molecular flexibility index (Phi) is 7.16. The quantitative estimate of drug-likeness (QED) is 0.839. The second-order valence-corrected chi connectivity index (χ2v) is 6.01. The molecule has 2 aliphatic heterocycles. The Bertz CT molecular complexity index is 611. The van der Waals surface area contributed by atoms with E-state index in [0.717, 1.165) is 6.54 Å². The monoisotopic (exact) mass is 371 g/mol. The summed E-state index contributed by atoms with van der Waals surface area (Å²) < 4.78 is 19.3. The number of carbonyl (C=O) groups is 2. The zero-order valence-electron chi connectivity index (χ0n) is 13.9. The number of nitrogens with zero attached hydrogens (tertiary/aromatic N) is 2. The summed E-state index contributed by atoms with van der Waals surface area (Å²) in [6, 6.07) is 5.99. The van der Waals surface area contributed by atoms with Crippen molar-refractivity contribution < 1.29 is 18.7 Å². The molecule has 1 atom stereocenters. The predicted octanol–water partition coefficient (Wildman–Crippen LogP) is 0.910. The van der Waals surface area contributed by atoms with Gasteiger partial charge in [-0.15, -0.1) is 12.4 Å². The van der Waals surface area contributed by atoms with Crippen LogP contribution in [0.25, 0.3) is 0 Å². The summed E-state index contributed by atoms with van der Waals surface area (Å²) in [5, 5.41) is 3.15. The number of benzene rings is 1. The molecule has 1 unspecified atom stereocenters. The Morgan fingerprint density at radius 1 is 1.12 bits per heavy atom. The van der Waals surface area contributed by atoms with Crippen LogP contribution < -0.4 is 5.32 Å². The van der Waals surface area contributed by atoms with Gasteiger partial charge in [-0.3, -0.25) is 9.59 Å². The summed E-state index contributed by atoms with van der Waals surface area (Å²) in [7, 11) is 0. The molecule has 2 aliphatic rings. The Morgan fingerprint density at radius 2 is 1.84 bits per heavy atom. The molecule has 6 nitrogen and oxygen atoms in total. The van der Waals surface area contributed by atoms with Gasteiger partial charge < -0.3 is 19.9 Å². The molecule has 2 saturated heterocycles. The largest absolute Gasteiger partial charge is 0.366 e. The minimum absolute atomic E-state index is 0. The lowest BCUT2D eigenvalue weighted by Gasteiger charge is -2.29. The topological polar surface area (TPSA) is 61.9 Å². The van der Waals surface area contributed by atoms with Gasteiger partial charge in [-0.25, -0.2) is 4.39 Å². The Labute approximate surface area is 152 Å². The fourth-order valence-corrected chi connectivity index (χ4v) is 3.07. The molecule has 1 aromatic carbocycles. The number of hydrogen-bond donors (Lipinski definition) is 1. The zero-order chi connectivity index (χ0) is 16.9. The van der Waals surface area contributed by atoms with E-state index in [1.807, 2.05) is 0 Å². The Balaban J connectivity index is 0.00000225. The predicted molar refractivity (Wildman–Crippen MR) is 93.4 cm³/mol. The van der Waals surface area contributed by atoms with Gasteiger partial charge in [0.1, 0.15) is 11.9 Å². The number of carbonyl (C=O) groups excluding carboxylic acids is 2. The smallest absolute Gasteiger partial charge is 0.256 e. The first-order chi connectivity index (χ1) is 11.7. The van der Waals surface area contributed by atoms with Crippen molar-refractivity contribution in [2.45, 2.75) is 12.5 Å². The van der Waals surface area contributed by atoms with Gasteiger partial charge in [0, 0.05) is 39.3 Å². The normalized spacial score (nSPS) is 21.2. The average molecular weight is 372 g/mol. The van der Waals surface area contributed by atoms with Crippen LogP contribution in [0.15, 0.2) is 24.3 Å². The molecular weight excluding hydrogens is 349 g/mol. The molecule has 0 radical (unpaired) electrons. The molecule has 1 aromatic rings. The number of rotatable bonds is 2. The third kappa shape index (κ3) is 4.68. The van der Waals surface area contributed by atoms with Crippen LogP contribution in [0.4, 0.5) is 4.39 Å². The van der Waals surface area contributed by atoms with Crippen LogP contribution >= 0.6 is 12.4 Å². The molecule has 8 heteroatoms. The van der Waals surface area contributed by atoms with Crippen LogP contribution in [-0.4, -0.2) is 73.6 Å². The highest BCUT2D eigenvalue weighted by molar-refractivity contribution is 5.94. The first-order valence-corrected chi connectivity index (χ1v) is 8.32. The zero-order valence-corrected chi connectivity index (χ0v) is 14.8. The summed E-state index contributed by atoms with van der Waals surface area (Å²) in [6.07, 6.45) is 0.221. The molecule has 3 rings (SSSR count). The van der Waals surface area contributed by atoms with Gasteiger partial charge >= 0.3 is 0 Å². The van der Waals surface area contributed by atoms with Crippen molar-refractivity contribution >= 4 is 24.2 Å². The fourth-order valence-electron chi connectivity index (χ4n) is 3.07. The fraction of sp³-hybridized carbons (Fsp3) is 0.529. The van der Waals surface area contributed by atoms with Crippen molar-refractivity contribution in [3.8, 4) is 0 Å². The van der Waals surface area contributed by atoms with E-state index in [-0.39, 0.29) is 29.8 Å². The van der Waals surface area contributed by atoms with Crippen LogP contribution in [0.3, 0.4) is 0 Å². The molecule has 0 aliphatic carbocycles. The van der Waals surface area contributed by atoms with Crippen molar-refractivity contribution in [1.29, 1.82) is 0 Å². The molecule has 1 N–H and O–H groups in total. The first kappa shape index (κ1) is 19.6. The molecule has 0 bridgehead atoms. The second kappa shape index (κ2) is 9.12. The van der Waals surface area contributed by atoms with Crippen LogP contribution in [0, 0.1) is 5.82 Å². The van der Waals surface area contributed by atoms with Gasteiger partial charge in [-0.2, -0.15) is 0 Å². The van der Waals surface area contributed by atoms with E-state index in [4.69, 9.17) is 4.74 Å². The Morgan fingerprint density at radius 3 is 2.56 bits per heavy atom. The summed E-state index contributed by atoms with van der Waals surface area (Å²) in [4.78, 5) is 28.4. The molecule has 2 amide bonds. The third-order valence-corrected chi connectivity index (χ3v) is 4.40. The minimum Gasteiger partial charge on any atom is -0.366 e. The van der Waals surface area contributed by atoms with Gasteiger partial charge in [0.2, 0.25) is 0 Å². The van der Waals surface area contributed by atoms with E-state index in [0.29, 0.717) is 45.8 Å². The SMILES string of the molecule is Cl.O=C(c1ccccc1F)N1CCCN(C(=O)C2CNCCO2)CC1. The number of amides is 2. The number of hydrogen-bond acceptors (Lipinski definition) is 4. The highest BCUT2D eigenvalue weighted by Gasteiger charge is 2.29. The lowest BCUT2D eigenvalue weighted by molar-refractivity contribution is -0.145. The maximum Gasteiger partial charge on any atom is 0.256 e. The Hall–Kier alpha value is -1.70. The highest BCUT2D eigenvalue weighted by Crippen LogP contribution is 2.13. The van der Waals surface area contributed by atoms with Gasteiger partial charge in [0.05, 0.1) is 12.2 Å². The molecular formula is C17H23ClFN3O3.